The van der Waals surface area contributed by atoms with E-state index in [2.05, 4.69) is 55.4 Å². The van der Waals surface area contributed by atoms with Gasteiger partial charge in [-0.2, -0.15) is 0 Å². The normalized spacial score (nSPS) is 17.6. The smallest absolute Gasteiger partial charge is 0.0552 e. The monoisotopic (exact) mass is 214 g/mol. The largest absolute Gasteiger partial charge is 0.378 e. The van der Waals surface area contributed by atoms with E-state index in [-0.39, 0.29) is 0 Å². The van der Waals surface area contributed by atoms with Gasteiger partial charge in [0.25, 0.3) is 0 Å². The molecular formula is C14H30O. The first-order valence-corrected chi connectivity index (χ1v) is 6.14. The first-order valence-electron chi connectivity index (χ1n) is 6.14. The van der Waals surface area contributed by atoms with Gasteiger partial charge in [0.2, 0.25) is 0 Å². The molecule has 2 atom stereocenters. The van der Waals surface area contributed by atoms with Crippen molar-refractivity contribution in [2.45, 2.75) is 67.9 Å². The van der Waals surface area contributed by atoms with E-state index in [1.54, 1.807) is 0 Å². The average molecular weight is 214 g/mol. The predicted molar refractivity (Wildman–Crippen MR) is 68.1 cm³/mol. The SMILES string of the molecule is CC(CC(C)(C)C)OCC(C)C(C)(C)C. The fourth-order valence-corrected chi connectivity index (χ4v) is 1.48. The molecule has 0 fully saturated rings. The first-order chi connectivity index (χ1) is 6.52. The van der Waals surface area contributed by atoms with Gasteiger partial charge in [-0.05, 0) is 30.1 Å². The molecule has 0 aromatic carbocycles. The molecule has 1 nitrogen and oxygen atoms in total. The standard InChI is InChI=1S/C14H30O/c1-11(14(6,7)8)10-15-12(2)9-13(3,4)5/h11-12H,9-10H2,1-8H3. The Kier molecular flexibility index (Phi) is 5.32. The molecule has 0 saturated carbocycles. The summed E-state index contributed by atoms with van der Waals surface area (Å²) in [6, 6.07) is 0. The summed E-state index contributed by atoms with van der Waals surface area (Å²) < 4.78 is 5.91. The third-order valence-electron chi connectivity index (χ3n) is 3.01. The minimum Gasteiger partial charge on any atom is -0.378 e. The number of hydrogen-bond donors (Lipinski definition) is 0. The highest BCUT2D eigenvalue weighted by atomic mass is 16.5. The molecule has 0 aromatic heterocycles. The summed E-state index contributed by atoms with van der Waals surface area (Å²) in [4.78, 5) is 0. The Morgan fingerprint density at radius 2 is 1.40 bits per heavy atom. The van der Waals surface area contributed by atoms with Gasteiger partial charge in [-0.15, -0.1) is 0 Å². The fourth-order valence-electron chi connectivity index (χ4n) is 1.48. The molecule has 0 radical (unpaired) electrons. The van der Waals surface area contributed by atoms with Gasteiger partial charge in [-0.3, -0.25) is 0 Å². The molecule has 0 N–H and O–H groups in total. The van der Waals surface area contributed by atoms with Crippen LogP contribution in [0.2, 0.25) is 0 Å². The summed E-state index contributed by atoms with van der Waals surface area (Å²) in [5.41, 5.74) is 0.714. The predicted octanol–water partition coefficient (Wildman–Crippen LogP) is 4.51. The van der Waals surface area contributed by atoms with E-state index in [9.17, 15) is 0 Å². The average Bonchev–Trinajstić information content (AvgIpc) is 1.94. The maximum absolute atomic E-state index is 5.91. The van der Waals surface area contributed by atoms with Gasteiger partial charge >= 0.3 is 0 Å². The van der Waals surface area contributed by atoms with Gasteiger partial charge in [-0.25, -0.2) is 0 Å². The molecule has 0 saturated heterocycles. The first kappa shape index (κ1) is 15.0. The zero-order chi connectivity index (χ0) is 12.3. The van der Waals surface area contributed by atoms with E-state index in [4.69, 9.17) is 4.74 Å². The van der Waals surface area contributed by atoms with Crippen LogP contribution in [0.4, 0.5) is 0 Å². The van der Waals surface area contributed by atoms with Crippen LogP contribution in [0.3, 0.4) is 0 Å². The zero-order valence-electron chi connectivity index (χ0n) is 12.0. The van der Waals surface area contributed by atoms with Gasteiger partial charge in [0.15, 0.2) is 0 Å². The van der Waals surface area contributed by atoms with Crippen LogP contribution >= 0.6 is 0 Å². The van der Waals surface area contributed by atoms with Crippen molar-refractivity contribution in [2.75, 3.05) is 6.61 Å². The second-order valence-corrected chi connectivity index (χ2v) is 7.18. The minimum atomic E-state index is 0.349. The Bertz CT molecular complexity index is 171. The molecule has 1 heteroatoms. The molecule has 0 aliphatic heterocycles. The molecule has 0 amide bonds. The van der Waals surface area contributed by atoms with Crippen LogP contribution in [0, 0.1) is 16.7 Å². The van der Waals surface area contributed by atoms with Crippen LogP contribution in [0.25, 0.3) is 0 Å². The molecule has 92 valence electrons. The zero-order valence-corrected chi connectivity index (χ0v) is 12.0. The molecule has 0 aliphatic rings. The summed E-state index contributed by atoms with van der Waals surface area (Å²) in [5.74, 6) is 0.611. The highest BCUT2D eigenvalue weighted by molar-refractivity contribution is 4.71. The van der Waals surface area contributed by atoms with Crippen molar-refractivity contribution >= 4 is 0 Å². The van der Waals surface area contributed by atoms with Crippen molar-refractivity contribution in [3.05, 3.63) is 0 Å². The molecule has 15 heavy (non-hydrogen) atoms. The second kappa shape index (κ2) is 5.34. The van der Waals surface area contributed by atoms with Gasteiger partial charge in [0, 0.05) is 6.61 Å². The van der Waals surface area contributed by atoms with Gasteiger partial charge in [0.05, 0.1) is 6.10 Å². The van der Waals surface area contributed by atoms with Crippen molar-refractivity contribution in [3.8, 4) is 0 Å². The summed E-state index contributed by atoms with van der Waals surface area (Å²) >= 11 is 0. The van der Waals surface area contributed by atoms with E-state index in [1.165, 1.54) is 0 Å². The lowest BCUT2D eigenvalue weighted by molar-refractivity contribution is -0.00146. The van der Waals surface area contributed by atoms with Crippen molar-refractivity contribution in [2.24, 2.45) is 16.7 Å². The van der Waals surface area contributed by atoms with E-state index in [0.29, 0.717) is 22.9 Å². The maximum Gasteiger partial charge on any atom is 0.0552 e. The third kappa shape index (κ3) is 7.84. The minimum absolute atomic E-state index is 0.349. The van der Waals surface area contributed by atoms with Crippen LogP contribution in [-0.4, -0.2) is 12.7 Å². The highest BCUT2D eigenvalue weighted by Crippen LogP contribution is 2.27. The molecule has 0 aliphatic carbocycles. The molecule has 0 aromatic rings. The molecule has 2 unspecified atom stereocenters. The fraction of sp³-hybridized carbons (Fsp3) is 1.00. The molecule has 0 spiro atoms. The second-order valence-electron chi connectivity index (χ2n) is 7.18. The van der Waals surface area contributed by atoms with E-state index < -0.39 is 0 Å². The topological polar surface area (TPSA) is 9.23 Å². The summed E-state index contributed by atoms with van der Waals surface area (Å²) in [6.45, 7) is 18.9. The lowest BCUT2D eigenvalue weighted by atomic mass is 9.82. The van der Waals surface area contributed by atoms with E-state index in [0.717, 1.165) is 13.0 Å². The lowest BCUT2D eigenvalue weighted by Crippen LogP contribution is -2.26. The number of hydrogen-bond acceptors (Lipinski definition) is 1. The quantitative estimate of drug-likeness (QED) is 0.669. The third-order valence-corrected chi connectivity index (χ3v) is 3.01. The van der Waals surface area contributed by atoms with Gasteiger partial charge in [-0.1, -0.05) is 48.5 Å². The van der Waals surface area contributed by atoms with Gasteiger partial charge < -0.3 is 4.74 Å². The molecule has 0 rings (SSSR count). The summed E-state index contributed by atoms with van der Waals surface area (Å²) in [6.07, 6.45) is 1.50. The van der Waals surface area contributed by atoms with Crippen LogP contribution in [0.1, 0.15) is 61.8 Å². The van der Waals surface area contributed by atoms with E-state index in [1.807, 2.05) is 0 Å². The van der Waals surface area contributed by atoms with Crippen molar-refractivity contribution in [1.82, 2.24) is 0 Å². The Hall–Kier alpha value is -0.0400. The molecular weight excluding hydrogens is 184 g/mol. The summed E-state index contributed by atoms with van der Waals surface area (Å²) in [7, 11) is 0. The van der Waals surface area contributed by atoms with Crippen LogP contribution in [-0.2, 0) is 4.74 Å². The van der Waals surface area contributed by atoms with Crippen molar-refractivity contribution in [3.63, 3.8) is 0 Å². The van der Waals surface area contributed by atoms with Crippen LogP contribution in [0.5, 0.6) is 0 Å². The Morgan fingerprint density at radius 1 is 0.933 bits per heavy atom. The molecule has 0 heterocycles. The van der Waals surface area contributed by atoms with Crippen LogP contribution in [0.15, 0.2) is 0 Å². The van der Waals surface area contributed by atoms with Crippen molar-refractivity contribution < 1.29 is 4.74 Å². The lowest BCUT2D eigenvalue weighted by Gasteiger charge is -2.30. The van der Waals surface area contributed by atoms with E-state index >= 15 is 0 Å². The molecule has 0 bridgehead atoms. The highest BCUT2D eigenvalue weighted by Gasteiger charge is 2.22. The Morgan fingerprint density at radius 3 is 1.73 bits per heavy atom. The Labute approximate surface area is 96.6 Å². The van der Waals surface area contributed by atoms with Crippen molar-refractivity contribution in [1.29, 1.82) is 0 Å². The van der Waals surface area contributed by atoms with Gasteiger partial charge in [0.1, 0.15) is 0 Å². The Balaban J connectivity index is 3.87. The number of ether oxygens (including phenoxy) is 1. The maximum atomic E-state index is 5.91. The summed E-state index contributed by atoms with van der Waals surface area (Å²) in [5, 5.41) is 0. The number of rotatable bonds is 4. The van der Waals surface area contributed by atoms with Crippen LogP contribution < -0.4 is 0 Å².